The number of nitrogens with zero attached hydrogens (tertiary/aromatic N) is 4. The molecule has 0 unspecified atom stereocenters. The number of hydrogen-bond acceptors (Lipinski definition) is 8. The summed E-state index contributed by atoms with van der Waals surface area (Å²) in [7, 11) is 1.64. The van der Waals surface area contributed by atoms with Crippen molar-refractivity contribution in [3.8, 4) is 17.0 Å². The number of anilines is 3. The molecule has 26 heavy (non-hydrogen) atoms. The molecule has 3 aromatic rings. The summed E-state index contributed by atoms with van der Waals surface area (Å²) in [5.74, 6) is 2.64. The van der Waals surface area contributed by atoms with Crippen LogP contribution >= 0.6 is 0 Å². The number of morpholine rings is 1. The Kier molecular flexibility index (Phi) is 4.65. The molecule has 4 rings (SSSR count). The number of ether oxygens (including phenoxy) is 2. The molecular weight excluding hydrogens is 334 g/mol. The average molecular weight is 353 g/mol. The first-order chi connectivity index (χ1) is 12.8. The van der Waals surface area contributed by atoms with E-state index in [0.29, 0.717) is 30.9 Å². The molecule has 8 heteroatoms. The van der Waals surface area contributed by atoms with E-state index in [0.717, 1.165) is 30.1 Å². The number of hydrogen-bond donors (Lipinski definition) is 1. The summed E-state index contributed by atoms with van der Waals surface area (Å²) in [5.41, 5.74) is 1.68. The minimum absolute atomic E-state index is 0.516. The van der Waals surface area contributed by atoms with Crippen LogP contribution in [0, 0.1) is 0 Å². The number of rotatable bonds is 5. The maximum Gasteiger partial charge on any atom is 0.230 e. The van der Waals surface area contributed by atoms with Crippen LogP contribution in [-0.2, 0) is 4.74 Å². The van der Waals surface area contributed by atoms with E-state index in [9.17, 15) is 0 Å². The van der Waals surface area contributed by atoms with Crippen LogP contribution in [0.3, 0.4) is 0 Å². The first kappa shape index (κ1) is 16.3. The Bertz CT molecular complexity index is 859. The quantitative estimate of drug-likeness (QED) is 0.749. The van der Waals surface area contributed by atoms with Crippen molar-refractivity contribution < 1.29 is 14.0 Å². The molecule has 134 valence electrons. The Morgan fingerprint density at radius 1 is 1.12 bits per heavy atom. The lowest BCUT2D eigenvalue weighted by Gasteiger charge is -2.26. The van der Waals surface area contributed by atoms with Gasteiger partial charge in [0, 0.05) is 30.9 Å². The van der Waals surface area contributed by atoms with Crippen LogP contribution in [0.2, 0.25) is 0 Å². The van der Waals surface area contributed by atoms with E-state index in [1.54, 1.807) is 19.4 Å². The van der Waals surface area contributed by atoms with Gasteiger partial charge in [-0.2, -0.15) is 4.98 Å². The molecule has 0 bridgehead atoms. The van der Waals surface area contributed by atoms with Crippen molar-refractivity contribution in [3.63, 3.8) is 0 Å². The standard InChI is InChI=1S/C18H19N5O3/c1-24-14-4-2-13(3-5-14)15-12-17(26-22-15)20-16-6-7-19-18(21-16)23-8-10-25-11-9-23/h2-7,12H,8-11H2,1H3,(H,19,20,21). The van der Waals surface area contributed by atoms with Crippen molar-refractivity contribution in [1.82, 2.24) is 15.1 Å². The number of nitrogens with one attached hydrogen (secondary N) is 1. The van der Waals surface area contributed by atoms with Gasteiger partial charge in [0.1, 0.15) is 17.3 Å². The molecule has 1 aliphatic rings. The fourth-order valence-electron chi connectivity index (χ4n) is 2.69. The SMILES string of the molecule is COc1ccc(-c2cc(Nc3ccnc(N4CCOCC4)n3)on2)cc1. The highest BCUT2D eigenvalue weighted by molar-refractivity contribution is 5.64. The van der Waals surface area contributed by atoms with Crippen LogP contribution in [0.1, 0.15) is 0 Å². The van der Waals surface area contributed by atoms with Crippen LogP contribution in [0.15, 0.2) is 47.1 Å². The molecule has 1 fully saturated rings. The predicted octanol–water partition coefficient (Wildman–Crippen LogP) is 2.72. The van der Waals surface area contributed by atoms with E-state index in [2.05, 4.69) is 25.3 Å². The number of benzene rings is 1. The molecule has 1 aliphatic heterocycles. The van der Waals surface area contributed by atoms with Crippen molar-refractivity contribution in [3.05, 3.63) is 42.6 Å². The van der Waals surface area contributed by atoms with Crippen LogP contribution < -0.4 is 15.0 Å². The van der Waals surface area contributed by atoms with Crippen molar-refractivity contribution in [2.24, 2.45) is 0 Å². The zero-order chi connectivity index (χ0) is 17.8. The molecule has 0 spiro atoms. The molecule has 1 saturated heterocycles. The van der Waals surface area contributed by atoms with Gasteiger partial charge >= 0.3 is 0 Å². The highest BCUT2D eigenvalue weighted by Crippen LogP contribution is 2.25. The molecule has 1 aromatic carbocycles. The summed E-state index contributed by atoms with van der Waals surface area (Å²) in [6.07, 6.45) is 1.72. The summed E-state index contributed by atoms with van der Waals surface area (Å²) in [4.78, 5) is 11.0. The highest BCUT2D eigenvalue weighted by Gasteiger charge is 2.14. The third kappa shape index (κ3) is 3.60. The Labute approximate surface area is 150 Å². The van der Waals surface area contributed by atoms with E-state index in [-0.39, 0.29) is 0 Å². The van der Waals surface area contributed by atoms with Crippen molar-refractivity contribution in [1.29, 1.82) is 0 Å². The van der Waals surface area contributed by atoms with Gasteiger partial charge in [-0.3, -0.25) is 0 Å². The molecule has 8 nitrogen and oxygen atoms in total. The topological polar surface area (TPSA) is 85.5 Å². The molecule has 0 saturated carbocycles. The van der Waals surface area contributed by atoms with Gasteiger partial charge in [0.2, 0.25) is 11.8 Å². The van der Waals surface area contributed by atoms with Crippen molar-refractivity contribution >= 4 is 17.7 Å². The molecular formula is C18H19N5O3. The normalized spacial score (nSPS) is 14.3. The molecule has 1 N–H and O–H groups in total. The Morgan fingerprint density at radius 3 is 2.69 bits per heavy atom. The zero-order valence-corrected chi connectivity index (χ0v) is 14.4. The van der Waals surface area contributed by atoms with E-state index < -0.39 is 0 Å². The molecule has 0 amide bonds. The third-order valence-electron chi connectivity index (χ3n) is 4.08. The predicted molar refractivity (Wildman–Crippen MR) is 96.8 cm³/mol. The Hall–Kier alpha value is -3.13. The lowest BCUT2D eigenvalue weighted by molar-refractivity contribution is 0.122. The van der Waals surface area contributed by atoms with Gasteiger partial charge in [0.05, 0.1) is 20.3 Å². The van der Waals surface area contributed by atoms with Crippen LogP contribution in [0.4, 0.5) is 17.7 Å². The summed E-state index contributed by atoms with van der Waals surface area (Å²) < 4.78 is 15.9. The maximum atomic E-state index is 5.38. The van der Waals surface area contributed by atoms with E-state index in [1.165, 1.54) is 0 Å². The zero-order valence-electron chi connectivity index (χ0n) is 14.4. The molecule has 0 radical (unpaired) electrons. The highest BCUT2D eigenvalue weighted by atomic mass is 16.5. The van der Waals surface area contributed by atoms with Crippen molar-refractivity contribution in [2.45, 2.75) is 0 Å². The Balaban J connectivity index is 1.48. The summed E-state index contributed by atoms with van der Waals surface area (Å²) in [6, 6.07) is 11.3. The smallest absolute Gasteiger partial charge is 0.230 e. The number of methoxy groups -OCH3 is 1. The third-order valence-corrected chi connectivity index (χ3v) is 4.08. The second-order valence-corrected chi connectivity index (χ2v) is 5.77. The van der Waals surface area contributed by atoms with Gasteiger partial charge in [-0.1, -0.05) is 5.16 Å². The lowest BCUT2D eigenvalue weighted by atomic mass is 10.1. The van der Waals surface area contributed by atoms with Crippen molar-refractivity contribution in [2.75, 3.05) is 43.6 Å². The molecule has 2 aromatic heterocycles. The second kappa shape index (κ2) is 7.40. The summed E-state index contributed by atoms with van der Waals surface area (Å²) >= 11 is 0. The van der Waals surface area contributed by atoms with Crippen LogP contribution in [0.25, 0.3) is 11.3 Å². The van der Waals surface area contributed by atoms with Crippen LogP contribution in [0.5, 0.6) is 5.75 Å². The summed E-state index contributed by atoms with van der Waals surface area (Å²) in [6.45, 7) is 2.95. The van der Waals surface area contributed by atoms with Gasteiger partial charge in [-0.25, -0.2) is 4.98 Å². The van der Waals surface area contributed by atoms with E-state index in [4.69, 9.17) is 14.0 Å². The maximum absolute atomic E-state index is 5.38. The largest absolute Gasteiger partial charge is 0.497 e. The minimum Gasteiger partial charge on any atom is -0.497 e. The average Bonchev–Trinajstić information content (AvgIpc) is 3.17. The fraction of sp³-hybridized carbons (Fsp3) is 0.278. The van der Waals surface area contributed by atoms with Gasteiger partial charge in [-0.05, 0) is 30.3 Å². The van der Waals surface area contributed by atoms with E-state index >= 15 is 0 Å². The first-order valence-electron chi connectivity index (χ1n) is 8.36. The first-order valence-corrected chi connectivity index (χ1v) is 8.36. The van der Waals surface area contributed by atoms with Gasteiger partial charge in [0.25, 0.3) is 0 Å². The molecule has 0 aliphatic carbocycles. The summed E-state index contributed by atoms with van der Waals surface area (Å²) in [5, 5.41) is 7.23. The van der Waals surface area contributed by atoms with E-state index in [1.807, 2.05) is 30.3 Å². The minimum atomic E-state index is 0.516. The van der Waals surface area contributed by atoms with Gasteiger partial charge < -0.3 is 24.2 Å². The van der Waals surface area contributed by atoms with Crippen LogP contribution in [-0.4, -0.2) is 48.5 Å². The molecule has 0 atom stereocenters. The number of aromatic nitrogens is 3. The molecule has 3 heterocycles. The Morgan fingerprint density at radius 2 is 1.92 bits per heavy atom. The van der Waals surface area contributed by atoms with Gasteiger partial charge in [0.15, 0.2) is 0 Å². The monoisotopic (exact) mass is 353 g/mol. The fourth-order valence-corrected chi connectivity index (χ4v) is 2.69. The second-order valence-electron chi connectivity index (χ2n) is 5.77. The van der Waals surface area contributed by atoms with Gasteiger partial charge in [-0.15, -0.1) is 0 Å². The lowest BCUT2D eigenvalue weighted by Crippen LogP contribution is -2.37.